The summed E-state index contributed by atoms with van der Waals surface area (Å²) in [6.45, 7) is 3.19. The zero-order chi connectivity index (χ0) is 18.6. The Hall–Kier alpha value is -3.13. The molecular weight excluding hydrogens is 347 g/mol. The molecule has 0 aliphatic carbocycles. The fourth-order valence-corrected chi connectivity index (χ4v) is 3.19. The first-order valence-corrected chi connectivity index (χ1v) is 8.80. The van der Waals surface area contributed by atoms with Crippen molar-refractivity contribution in [2.24, 2.45) is 0 Å². The first-order chi connectivity index (χ1) is 13.2. The van der Waals surface area contributed by atoms with Crippen molar-refractivity contribution in [2.75, 3.05) is 26.2 Å². The molecule has 27 heavy (non-hydrogen) atoms. The van der Waals surface area contributed by atoms with E-state index in [1.54, 1.807) is 21.7 Å². The van der Waals surface area contributed by atoms with Crippen LogP contribution in [0.15, 0.2) is 54.6 Å². The Labute approximate surface area is 156 Å². The van der Waals surface area contributed by atoms with Gasteiger partial charge in [-0.3, -0.25) is 9.69 Å². The van der Waals surface area contributed by atoms with Gasteiger partial charge in [-0.15, -0.1) is 5.10 Å². The number of piperazine rings is 1. The van der Waals surface area contributed by atoms with E-state index in [0.29, 0.717) is 38.3 Å². The Morgan fingerprint density at radius 3 is 2.52 bits per heavy atom. The van der Waals surface area contributed by atoms with E-state index in [9.17, 15) is 9.18 Å². The zero-order valence-electron chi connectivity index (χ0n) is 14.7. The van der Waals surface area contributed by atoms with Gasteiger partial charge in [0, 0.05) is 31.7 Å². The van der Waals surface area contributed by atoms with Gasteiger partial charge in [-0.25, -0.2) is 4.39 Å². The van der Waals surface area contributed by atoms with E-state index in [1.165, 1.54) is 12.1 Å². The number of rotatable bonds is 4. The molecule has 3 aromatic rings. The number of hydrogen-bond acceptors (Lipinski definition) is 5. The minimum absolute atomic E-state index is 0.136. The van der Waals surface area contributed by atoms with E-state index in [2.05, 4.69) is 20.4 Å². The highest BCUT2D eigenvalue weighted by Crippen LogP contribution is 2.13. The summed E-state index contributed by atoms with van der Waals surface area (Å²) in [6.07, 6.45) is 0. The smallest absolute Gasteiger partial charge is 0.254 e. The number of halogens is 1. The molecular formula is C19H19FN6O. The fourth-order valence-electron chi connectivity index (χ4n) is 3.19. The second-order valence-corrected chi connectivity index (χ2v) is 6.42. The Morgan fingerprint density at radius 2 is 1.78 bits per heavy atom. The number of carbonyl (C=O) groups excluding carboxylic acids is 1. The van der Waals surface area contributed by atoms with Crippen LogP contribution in [-0.2, 0) is 6.54 Å². The number of tetrazole rings is 1. The lowest BCUT2D eigenvalue weighted by atomic mass is 10.1. The maximum Gasteiger partial charge on any atom is 0.254 e. The Kier molecular flexibility index (Phi) is 4.88. The Balaban J connectivity index is 1.38. The van der Waals surface area contributed by atoms with E-state index >= 15 is 0 Å². The maximum atomic E-state index is 13.3. The van der Waals surface area contributed by atoms with Crippen molar-refractivity contribution in [3.05, 3.63) is 71.8 Å². The number of amides is 1. The third-order valence-corrected chi connectivity index (χ3v) is 4.63. The van der Waals surface area contributed by atoms with Crippen molar-refractivity contribution in [2.45, 2.75) is 6.54 Å². The van der Waals surface area contributed by atoms with Crippen LogP contribution in [0.2, 0.25) is 0 Å². The van der Waals surface area contributed by atoms with Crippen LogP contribution >= 0.6 is 0 Å². The highest BCUT2D eigenvalue weighted by molar-refractivity contribution is 5.94. The molecule has 1 fully saturated rings. The van der Waals surface area contributed by atoms with E-state index in [1.807, 2.05) is 30.3 Å². The normalized spacial score (nSPS) is 15.1. The van der Waals surface area contributed by atoms with Gasteiger partial charge in [0.15, 0.2) is 5.82 Å². The van der Waals surface area contributed by atoms with Gasteiger partial charge in [-0.1, -0.05) is 24.3 Å². The summed E-state index contributed by atoms with van der Waals surface area (Å²) in [4.78, 5) is 16.5. The van der Waals surface area contributed by atoms with Gasteiger partial charge in [0.25, 0.3) is 5.91 Å². The van der Waals surface area contributed by atoms with Crippen molar-refractivity contribution in [3.63, 3.8) is 0 Å². The van der Waals surface area contributed by atoms with E-state index in [0.717, 1.165) is 11.5 Å². The molecule has 138 valence electrons. The molecule has 0 radical (unpaired) electrons. The highest BCUT2D eigenvalue weighted by atomic mass is 19.1. The number of aromatic nitrogens is 4. The Bertz CT molecular complexity index is 921. The number of hydrogen-bond donors (Lipinski definition) is 0. The Morgan fingerprint density at radius 1 is 1.00 bits per heavy atom. The monoisotopic (exact) mass is 366 g/mol. The van der Waals surface area contributed by atoms with Crippen LogP contribution in [0.4, 0.5) is 4.39 Å². The predicted molar refractivity (Wildman–Crippen MR) is 96.7 cm³/mol. The van der Waals surface area contributed by atoms with Crippen molar-refractivity contribution in [1.29, 1.82) is 0 Å². The lowest BCUT2D eigenvalue weighted by Gasteiger charge is -2.34. The van der Waals surface area contributed by atoms with E-state index in [4.69, 9.17) is 0 Å². The lowest BCUT2D eigenvalue weighted by Crippen LogP contribution is -2.48. The summed E-state index contributed by atoms with van der Waals surface area (Å²) in [5, 5.41) is 12.0. The first kappa shape index (κ1) is 17.3. The van der Waals surface area contributed by atoms with E-state index in [-0.39, 0.29) is 5.91 Å². The number of benzene rings is 2. The summed E-state index contributed by atoms with van der Waals surface area (Å²) in [6, 6.07) is 15.6. The molecule has 1 aromatic heterocycles. The molecule has 0 spiro atoms. The third kappa shape index (κ3) is 3.85. The van der Waals surface area contributed by atoms with Crippen molar-refractivity contribution in [3.8, 4) is 5.69 Å². The molecule has 0 atom stereocenters. The molecule has 8 heteroatoms. The fraction of sp³-hybridized carbons (Fsp3) is 0.263. The van der Waals surface area contributed by atoms with Gasteiger partial charge in [-0.05, 0) is 40.8 Å². The van der Waals surface area contributed by atoms with Gasteiger partial charge in [0.05, 0.1) is 12.2 Å². The molecule has 0 bridgehead atoms. The average Bonchev–Trinajstić information content (AvgIpc) is 3.17. The molecule has 0 saturated carbocycles. The SMILES string of the molecule is O=C(c1cccc(F)c1)N1CCN(Cc2nnnn2-c2ccccc2)CC1. The van der Waals surface area contributed by atoms with Crippen LogP contribution in [0.5, 0.6) is 0 Å². The van der Waals surface area contributed by atoms with Gasteiger partial charge in [-0.2, -0.15) is 4.68 Å². The van der Waals surface area contributed by atoms with Crippen LogP contribution in [-0.4, -0.2) is 62.1 Å². The molecule has 7 nitrogen and oxygen atoms in total. The number of carbonyl (C=O) groups is 1. The summed E-state index contributed by atoms with van der Waals surface area (Å²) in [5.41, 5.74) is 1.30. The van der Waals surface area contributed by atoms with Gasteiger partial charge >= 0.3 is 0 Å². The molecule has 0 unspecified atom stereocenters. The molecule has 2 aromatic carbocycles. The molecule has 0 N–H and O–H groups in total. The van der Waals surface area contributed by atoms with Crippen molar-refractivity contribution >= 4 is 5.91 Å². The van der Waals surface area contributed by atoms with Crippen LogP contribution in [0.25, 0.3) is 5.69 Å². The lowest BCUT2D eigenvalue weighted by molar-refractivity contribution is 0.0624. The van der Waals surface area contributed by atoms with Crippen molar-refractivity contribution < 1.29 is 9.18 Å². The van der Waals surface area contributed by atoms with Gasteiger partial charge in [0.2, 0.25) is 0 Å². The number of para-hydroxylation sites is 1. The largest absolute Gasteiger partial charge is 0.336 e. The van der Waals surface area contributed by atoms with Crippen LogP contribution in [0.1, 0.15) is 16.2 Å². The van der Waals surface area contributed by atoms with Crippen LogP contribution in [0, 0.1) is 5.82 Å². The van der Waals surface area contributed by atoms with Crippen molar-refractivity contribution in [1.82, 2.24) is 30.0 Å². The number of nitrogens with zero attached hydrogens (tertiary/aromatic N) is 6. The zero-order valence-corrected chi connectivity index (χ0v) is 14.7. The maximum absolute atomic E-state index is 13.3. The third-order valence-electron chi connectivity index (χ3n) is 4.63. The van der Waals surface area contributed by atoms with Gasteiger partial charge in [0.1, 0.15) is 5.82 Å². The minimum Gasteiger partial charge on any atom is -0.336 e. The second-order valence-electron chi connectivity index (χ2n) is 6.42. The summed E-state index contributed by atoms with van der Waals surface area (Å²) < 4.78 is 15.1. The topological polar surface area (TPSA) is 67.2 Å². The average molecular weight is 366 g/mol. The first-order valence-electron chi connectivity index (χ1n) is 8.80. The van der Waals surface area contributed by atoms with Gasteiger partial charge < -0.3 is 4.90 Å². The van der Waals surface area contributed by atoms with Crippen LogP contribution < -0.4 is 0 Å². The summed E-state index contributed by atoms with van der Waals surface area (Å²) in [5.74, 6) is 0.224. The quantitative estimate of drug-likeness (QED) is 0.704. The predicted octanol–water partition coefficient (Wildman–Crippen LogP) is 1.76. The minimum atomic E-state index is -0.396. The standard InChI is InChI=1S/C19H19FN6O/c20-16-6-4-5-15(13-16)19(27)25-11-9-24(10-12-25)14-18-21-22-23-26(18)17-7-2-1-3-8-17/h1-8,13H,9-12,14H2. The molecule has 4 rings (SSSR count). The molecule has 1 saturated heterocycles. The van der Waals surface area contributed by atoms with Crippen LogP contribution in [0.3, 0.4) is 0 Å². The summed E-state index contributed by atoms with van der Waals surface area (Å²) in [7, 11) is 0. The second kappa shape index (κ2) is 7.63. The molecule has 1 amide bonds. The molecule has 2 heterocycles. The molecule has 1 aliphatic rings. The highest BCUT2D eigenvalue weighted by Gasteiger charge is 2.23. The molecule has 1 aliphatic heterocycles. The van der Waals surface area contributed by atoms with E-state index < -0.39 is 5.82 Å². The summed E-state index contributed by atoms with van der Waals surface area (Å²) >= 11 is 0.